The second kappa shape index (κ2) is 7.61. The summed E-state index contributed by atoms with van der Waals surface area (Å²) in [6, 6.07) is 11.6. The number of amides is 2. The van der Waals surface area contributed by atoms with Gasteiger partial charge >= 0.3 is 6.03 Å². The molecule has 0 saturated carbocycles. The number of carbonyl (C=O) groups is 1. The summed E-state index contributed by atoms with van der Waals surface area (Å²) in [7, 11) is 1.78. The van der Waals surface area contributed by atoms with Crippen LogP contribution in [0.15, 0.2) is 67.5 Å². The number of hydrogen-bond donors (Lipinski definition) is 1. The average molecular weight is 335 g/mol. The molecule has 0 unspecified atom stereocenters. The predicted molar refractivity (Wildman–Crippen MR) is 96.2 cm³/mol. The van der Waals surface area contributed by atoms with Crippen LogP contribution >= 0.6 is 0 Å². The Hall–Kier alpha value is -3.15. The van der Waals surface area contributed by atoms with Gasteiger partial charge in [-0.15, -0.1) is 0 Å². The lowest BCUT2D eigenvalue weighted by atomic mass is 10.1. The van der Waals surface area contributed by atoms with Gasteiger partial charge in [0.25, 0.3) is 0 Å². The number of nitrogens with zero attached hydrogens (tertiary/aromatic N) is 4. The normalized spacial score (nSPS) is 11.8. The van der Waals surface area contributed by atoms with E-state index in [0.717, 1.165) is 16.8 Å². The van der Waals surface area contributed by atoms with Crippen LogP contribution in [-0.2, 0) is 6.54 Å². The third-order valence-electron chi connectivity index (χ3n) is 4.03. The second-order valence-electron chi connectivity index (χ2n) is 5.95. The van der Waals surface area contributed by atoms with E-state index in [-0.39, 0.29) is 12.1 Å². The molecule has 0 aliphatic carbocycles. The molecule has 1 N–H and O–H groups in total. The molecule has 0 radical (unpaired) electrons. The molecule has 3 rings (SSSR count). The topological polar surface area (TPSA) is 63.1 Å². The Kier molecular flexibility index (Phi) is 5.09. The quantitative estimate of drug-likeness (QED) is 0.779. The molecule has 25 heavy (non-hydrogen) atoms. The zero-order valence-corrected chi connectivity index (χ0v) is 14.3. The molecule has 6 nitrogen and oxygen atoms in total. The van der Waals surface area contributed by atoms with Gasteiger partial charge in [0, 0.05) is 44.1 Å². The lowest BCUT2D eigenvalue weighted by molar-refractivity contribution is 0.203. The Morgan fingerprint density at radius 1 is 1.20 bits per heavy atom. The molecule has 0 spiro atoms. The summed E-state index contributed by atoms with van der Waals surface area (Å²) >= 11 is 0. The fourth-order valence-corrected chi connectivity index (χ4v) is 2.58. The zero-order valence-electron chi connectivity index (χ0n) is 14.3. The molecule has 2 aromatic heterocycles. The van der Waals surface area contributed by atoms with Crippen LogP contribution in [-0.4, -0.2) is 32.5 Å². The van der Waals surface area contributed by atoms with E-state index in [0.29, 0.717) is 6.54 Å². The Balaban J connectivity index is 1.64. The molecule has 128 valence electrons. The lowest BCUT2D eigenvalue weighted by Crippen LogP contribution is -2.38. The van der Waals surface area contributed by atoms with Gasteiger partial charge in [0.2, 0.25) is 0 Å². The van der Waals surface area contributed by atoms with Gasteiger partial charge in [0.15, 0.2) is 0 Å². The SMILES string of the molecule is C[C@H](NC(=O)N(C)Cc1ccncc1)c1cccc(-n2ccnc2)c1. The van der Waals surface area contributed by atoms with Crippen LogP contribution in [0.4, 0.5) is 4.79 Å². The standard InChI is InChI=1S/C19H21N5O/c1-15(17-4-3-5-18(12-17)24-11-10-21-14-24)22-19(25)23(2)13-16-6-8-20-9-7-16/h3-12,14-15H,13H2,1-2H3,(H,22,25)/t15-/m0/s1. The summed E-state index contributed by atoms with van der Waals surface area (Å²) < 4.78 is 1.94. The molecular formula is C19H21N5O. The first-order valence-electron chi connectivity index (χ1n) is 8.12. The van der Waals surface area contributed by atoms with Gasteiger partial charge < -0.3 is 14.8 Å². The maximum Gasteiger partial charge on any atom is 0.317 e. The van der Waals surface area contributed by atoms with Crippen molar-refractivity contribution in [2.75, 3.05) is 7.05 Å². The molecule has 0 aliphatic rings. The third-order valence-corrected chi connectivity index (χ3v) is 4.03. The van der Waals surface area contributed by atoms with E-state index in [2.05, 4.69) is 21.4 Å². The van der Waals surface area contributed by atoms with E-state index in [4.69, 9.17) is 0 Å². The molecule has 0 fully saturated rings. The van der Waals surface area contributed by atoms with E-state index >= 15 is 0 Å². The second-order valence-corrected chi connectivity index (χ2v) is 5.95. The minimum absolute atomic E-state index is 0.101. The van der Waals surface area contributed by atoms with Gasteiger partial charge in [-0.25, -0.2) is 9.78 Å². The molecule has 0 bridgehead atoms. The van der Waals surface area contributed by atoms with Crippen molar-refractivity contribution >= 4 is 6.03 Å². The largest absolute Gasteiger partial charge is 0.331 e. The van der Waals surface area contributed by atoms with Gasteiger partial charge in [-0.1, -0.05) is 12.1 Å². The number of benzene rings is 1. The molecular weight excluding hydrogens is 314 g/mol. The van der Waals surface area contributed by atoms with Crippen molar-refractivity contribution in [3.05, 3.63) is 78.6 Å². The number of nitrogens with one attached hydrogen (secondary N) is 1. The molecule has 2 amide bonds. The maximum atomic E-state index is 12.4. The fourth-order valence-electron chi connectivity index (χ4n) is 2.58. The summed E-state index contributed by atoms with van der Waals surface area (Å²) in [6.45, 7) is 2.52. The van der Waals surface area contributed by atoms with Crippen LogP contribution in [0.1, 0.15) is 24.1 Å². The van der Waals surface area contributed by atoms with Crippen LogP contribution in [0.3, 0.4) is 0 Å². The van der Waals surface area contributed by atoms with E-state index < -0.39 is 0 Å². The maximum absolute atomic E-state index is 12.4. The number of urea groups is 1. The van der Waals surface area contributed by atoms with Gasteiger partial charge in [-0.05, 0) is 42.3 Å². The van der Waals surface area contributed by atoms with E-state index in [1.807, 2.05) is 48.0 Å². The Morgan fingerprint density at radius 3 is 2.72 bits per heavy atom. The van der Waals surface area contributed by atoms with Crippen LogP contribution in [0.2, 0.25) is 0 Å². The fraction of sp³-hybridized carbons (Fsp3) is 0.211. The Morgan fingerprint density at radius 2 is 2.00 bits per heavy atom. The minimum atomic E-state index is -0.114. The number of imidazole rings is 1. The van der Waals surface area contributed by atoms with Gasteiger partial charge in [-0.3, -0.25) is 4.98 Å². The summed E-state index contributed by atoms with van der Waals surface area (Å²) in [6.07, 6.45) is 8.85. The number of rotatable bonds is 5. The average Bonchev–Trinajstić information content (AvgIpc) is 3.17. The zero-order chi connectivity index (χ0) is 17.6. The minimum Gasteiger partial charge on any atom is -0.331 e. The van der Waals surface area contributed by atoms with E-state index in [9.17, 15) is 4.79 Å². The first-order chi connectivity index (χ1) is 12.1. The first kappa shape index (κ1) is 16.7. The molecule has 2 heterocycles. The predicted octanol–water partition coefficient (Wildman–Crippen LogP) is 3.17. The highest BCUT2D eigenvalue weighted by atomic mass is 16.2. The van der Waals surface area contributed by atoms with Crippen molar-refractivity contribution < 1.29 is 4.79 Å². The van der Waals surface area contributed by atoms with Crippen LogP contribution in [0, 0.1) is 0 Å². The van der Waals surface area contributed by atoms with Crippen LogP contribution in [0.5, 0.6) is 0 Å². The van der Waals surface area contributed by atoms with Crippen LogP contribution < -0.4 is 5.32 Å². The van der Waals surface area contributed by atoms with Crippen molar-refractivity contribution in [3.8, 4) is 5.69 Å². The van der Waals surface area contributed by atoms with E-state index in [1.165, 1.54) is 0 Å². The van der Waals surface area contributed by atoms with Gasteiger partial charge in [0.1, 0.15) is 0 Å². The molecule has 0 aliphatic heterocycles. The Bertz CT molecular complexity index is 817. The highest BCUT2D eigenvalue weighted by Crippen LogP contribution is 2.17. The van der Waals surface area contributed by atoms with Crippen molar-refractivity contribution in [2.24, 2.45) is 0 Å². The lowest BCUT2D eigenvalue weighted by Gasteiger charge is -2.22. The summed E-state index contributed by atoms with van der Waals surface area (Å²) in [5.74, 6) is 0. The molecule has 6 heteroatoms. The number of hydrogen-bond acceptors (Lipinski definition) is 3. The van der Waals surface area contributed by atoms with Crippen molar-refractivity contribution in [3.63, 3.8) is 0 Å². The summed E-state index contributed by atoms with van der Waals surface area (Å²) in [4.78, 5) is 22.1. The van der Waals surface area contributed by atoms with E-state index in [1.54, 1.807) is 36.9 Å². The Labute approximate surface area is 147 Å². The molecule has 3 aromatic rings. The summed E-state index contributed by atoms with van der Waals surface area (Å²) in [5, 5.41) is 3.04. The highest BCUT2D eigenvalue weighted by Gasteiger charge is 2.14. The number of pyridine rings is 1. The highest BCUT2D eigenvalue weighted by molar-refractivity contribution is 5.74. The summed E-state index contributed by atoms with van der Waals surface area (Å²) in [5.41, 5.74) is 3.10. The third kappa shape index (κ3) is 4.23. The molecule has 0 saturated heterocycles. The molecule has 1 aromatic carbocycles. The van der Waals surface area contributed by atoms with Crippen molar-refractivity contribution in [1.82, 2.24) is 24.8 Å². The smallest absolute Gasteiger partial charge is 0.317 e. The van der Waals surface area contributed by atoms with Crippen molar-refractivity contribution in [1.29, 1.82) is 0 Å². The van der Waals surface area contributed by atoms with Crippen molar-refractivity contribution in [2.45, 2.75) is 19.5 Å². The first-order valence-corrected chi connectivity index (χ1v) is 8.12. The number of aromatic nitrogens is 3. The monoisotopic (exact) mass is 335 g/mol. The van der Waals surface area contributed by atoms with Gasteiger partial charge in [0.05, 0.1) is 12.4 Å². The number of carbonyl (C=O) groups excluding carboxylic acids is 1. The van der Waals surface area contributed by atoms with Gasteiger partial charge in [-0.2, -0.15) is 0 Å². The van der Waals surface area contributed by atoms with Crippen LogP contribution in [0.25, 0.3) is 5.69 Å². The molecule has 1 atom stereocenters.